The molecule has 0 aromatic heterocycles. The third kappa shape index (κ3) is 8.98. The highest BCUT2D eigenvalue weighted by molar-refractivity contribution is 7.89. The molecule has 0 saturated carbocycles. The molecule has 0 aliphatic carbocycles. The van der Waals surface area contributed by atoms with Gasteiger partial charge >= 0.3 is 0 Å². The summed E-state index contributed by atoms with van der Waals surface area (Å²) in [5.74, 6) is -1.35. The van der Waals surface area contributed by atoms with Crippen LogP contribution >= 0.6 is 0 Å². The zero-order valence-electron chi connectivity index (χ0n) is 24.3. The second kappa shape index (κ2) is 15.1. The number of carbonyl (C=O) groups excluding carboxylic acids is 2. The van der Waals surface area contributed by atoms with Crippen LogP contribution in [0, 0.1) is 11.7 Å². The fourth-order valence-electron chi connectivity index (χ4n) is 4.84. The Labute approximate surface area is 247 Å². The molecule has 3 aromatic rings. The lowest BCUT2D eigenvalue weighted by molar-refractivity contribution is -0.128. The third-order valence-corrected chi connectivity index (χ3v) is 8.86. The van der Waals surface area contributed by atoms with Crippen molar-refractivity contribution in [1.82, 2.24) is 14.9 Å². The number of fused-ring (bicyclic) bond motifs is 1. The van der Waals surface area contributed by atoms with Crippen LogP contribution in [0.25, 0.3) is 10.8 Å². The van der Waals surface area contributed by atoms with Crippen molar-refractivity contribution in [3.63, 3.8) is 0 Å². The number of aliphatic hydroxyl groups is 1. The number of anilines is 1. The summed E-state index contributed by atoms with van der Waals surface area (Å²) in [5.41, 5.74) is 6.26. The van der Waals surface area contributed by atoms with Crippen LogP contribution in [0.3, 0.4) is 0 Å². The number of nitrogens with zero attached hydrogens (tertiary/aromatic N) is 1. The van der Waals surface area contributed by atoms with Gasteiger partial charge in [0.1, 0.15) is 11.9 Å². The number of nitrogens with one attached hydrogen (secondary N) is 2. The Bertz CT molecular complexity index is 1480. The van der Waals surface area contributed by atoms with Crippen LogP contribution in [-0.4, -0.2) is 61.4 Å². The van der Waals surface area contributed by atoms with E-state index in [9.17, 15) is 27.5 Å². The van der Waals surface area contributed by atoms with E-state index in [1.165, 1.54) is 17.3 Å². The molecule has 0 bridgehead atoms. The van der Waals surface area contributed by atoms with Gasteiger partial charge in [-0.1, -0.05) is 62.7 Å². The van der Waals surface area contributed by atoms with Gasteiger partial charge in [0, 0.05) is 32.5 Å². The molecule has 11 heteroatoms. The first-order chi connectivity index (χ1) is 19.9. The summed E-state index contributed by atoms with van der Waals surface area (Å²) in [5, 5.41) is 17.9. The number of nitrogen functional groups attached to an aromatic ring is 1. The maximum absolute atomic E-state index is 13.7. The molecular formula is C31H41FN4O5S. The summed E-state index contributed by atoms with van der Waals surface area (Å²) in [6.45, 7) is 5.19. The Morgan fingerprint density at radius 1 is 1.02 bits per heavy atom. The van der Waals surface area contributed by atoms with Crippen molar-refractivity contribution in [2.75, 3.05) is 25.4 Å². The van der Waals surface area contributed by atoms with E-state index in [4.69, 9.17) is 5.73 Å². The zero-order valence-corrected chi connectivity index (χ0v) is 25.2. The van der Waals surface area contributed by atoms with E-state index in [2.05, 4.69) is 10.6 Å². The van der Waals surface area contributed by atoms with E-state index in [1.807, 2.05) is 56.3 Å². The standard InChI is InChI=1S/C31H41FN4O5S/c1-21(2)19-36(42(40,41)27-13-14-28(32)29(33)18-27)26(20-37)10-6-7-15-34-31(39)30(35-22(3)38)17-23-11-12-24-8-4-5-9-25(24)16-23/h4-5,8-9,11-14,16,18,21,26,30,37H,6-7,10,15,17,19-20,33H2,1-3H3,(H,34,39)(H,35,38)/t26-,30-/m0/s1. The minimum atomic E-state index is -4.05. The number of sulfonamides is 1. The average molecular weight is 601 g/mol. The Balaban J connectivity index is 1.60. The maximum Gasteiger partial charge on any atom is 0.243 e. The van der Waals surface area contributed by atoms with Gasteiger partial charge in [-0.05, 0) is 53.3 Å². The van der Waals surface area contributed by atoms with Gasteiger partial charge in [-0.3, -0.25) is 9.59 Å². The Kier molecular flexibility index (Phi) is 11.8. The molecule has 0 fully saturated rings. The number of hydrogen-bond donors (Lipinski definition) is 4. The number of benzene rings is 3. The van der Waals surface area contributed by atoms with E-state index in [-0.39, 0.29) is 34.9 Å². The first kappa shape index (κ1) is 33.0. The largest absolute Gasteiger partial charge is 0.396 e. The summed E-state index contributed by atoms with van der Waals surface area (Å²) in [6.07, 6.45) is 1.74. The minimum Gasteiger partial charge on any atom is -0.396 e. The molecule has 42 heavy (non-hydrogen) atoms. The van der Waals surface area contributed by atoms with Crippen LogP contribution < -0.4 is 16.4 Å². The molecule has 3 rings (SSSR count). The summed E-state index contributed by atoms with van der Waals surface area (Å²) in [6, 6.07) is 15.7. The number of nitrogens with two attached hydrogens (primary N) is 1. The van der Waals surface area contributed by atoms with Gasteiger partial charge in [0.05, 0.1) is 17.2 Å². The molecular weight excluding hydrogens is 559 g/mol. The van der Waals surface area contributed by atoms with Gasteiger partial charge in [0.15, 0.2) is 0 Å². The van der Waals surface area contributed by atoms with Gasteiger partial charge < -0.3 is 21.5 Å². The summed E-state index contributed by atoms with van der Waals surface area (Å²) in [7, 11) is -4.05. The van der Waals surface area contributed by atoms with Crippen LogP contribution in [0.1, 0.15) is 45.6 Å². The Morgan fingerprint density at radius 2 is 1.74 bits per heavy atom. The molecule has 0 saturated heterocycles. The predicted molar refractivity (Wildman–Crippen MR) is 163 cm³/mol. The molecule has 0 aliphatic rings. The third-order valence-electron chi connectivity index (χ3n) is 6.95. The maximum atomic E-state index is 13.7. The fraction of sp³-hybridized carbons (Fsp3) is 0.419. The lowest BCUT2D eigenvalue weighted by atomic mass is 10.0. The molecule has 0 unspecified atom stereocenters. The van der Waals surface area contributed by atoms with Crippen molar-refractivity contribution in [2.45, 2.75) is 63.4 Å². The quantitative estimate of drug-likeness (QED) is 0.155. The summed E-state index contributed by atoms with van der Waals surface area (Å²) in [4.78, 5) is 24.7. The summed E-state index contributed by atoms with van der Waals surface area (Å²) < 4.78 is 41.8. The second-order valence-corrected chi connectivity index (χ2v) is 12.8. The number of amides is 2. The molecule has 0 spiro atoms. The fourth-order valence-corrected chi connectivity index (χ4v) is 6.69. The smallest absolute Gasteiger partial charge is 0.243 e. The molecule has 0 heterocycles. The molecule has 0 aliphatic heterocycles. The van der Waals surface area contributed by atoms with E-state index in [0.29, 0.717) is 32.2 Å². The van der Waals surface area contributed by atoms with Crippen molar-refractivity contribution < 1.29 is 27.5 Å². The zero-order chi connectivity index (χ0) is 30.9. The van der Waals surface area contributed by atoms with Crippen molar-refractivity contribution in [3.05, 3.63) is 72.0 Å². The number of carbonyl (C=O) groups is 2. The molecule has 2 atom stereocenters. The van der Waals surface area contributed by atoms with Crippen LogP contribution in [0.5, 0.6) is 0 Å². The highest BCUT2D eigenvalue weighted by Gasteiger charge is 2.32. The van der Waals surface area contributed by atoms with Crippen LogP contribution in [-0.2, 0) is 26.0 Å². The number of rotatable bonds is 15. The lowest BCUT2D eigenvalue weighted by Crippen LogP contribution is -2.47. The molecule has 228 valence electrons. The van der Waals surface area contributed by atoms with Crippen LogP contribution in [0.15, 0.2) is 65.6 Å². The summed E-state index contributed by atoms with van der Waals surface area (Å²) >= 11 is 0. The van der Waals surface area contributed by atoms with Crippen molar-refractivity contribution in [2.24, 2.45) is 5.92 Å². The van der Waals surface area contributed by atoms with Gasteiger partial charge in [-0.25, -0.2) is 12.8 Å². The van der Waals surface area contributed by atoms with Gasteiger partial charge in [-0.15, -0.1) is 0 Å². The van der Waals surface area contributed by atoms with Gasteiger partial charge in [0.25, 0.3) is 0 Å². The van der Waals surface area contributed by atoms with Gasteiger partial charge in [0.2, 0.25) is 21.8 Å². The van der Waals surface area contributed by atoms with E-state index in [1.54, 1.807) is 0 Å². The number of halogens is 1. The van der Waals surface area contributed by atoms with E-state index in [0.717, 1.165) is 28.5 Å². The molecule has 0 radical (unpaired) electrons. The predicted octanol–water partition coefficient (Wildman–Crippen LogP) is 3.60. The number of hydrogen-bond acceptors (Lipinski definition) is 6. The first-order valence-corrected chi connectivity index (χ1v) is 15.6. The Hall–Kier alpha value is -3.54. The molecule has 9 nitrogen and oxygen atoms in total. The highest BCUT2D eigenvalue weighted by atomic mass is 32.2. The molecule has 2 amide bonds. The first-order valence-electron chi connectivity index (χ1n) is 14.1. The SMILES string of the molecule is CC(=O)N[C@@H](Cc1ccc2ccccc2c1)C(=O)NCCCC[C@@H](CO)N(CC(C)C)S(=O)(=O)c1ccc(F)c(N)c1. The Morgan fingerprint density at radius 3 is 2.38 bits per heavy atom. The normalized spacial score (nSPS) is 13.3. The van der Waals surface area contributed by atoms with E-state index >= 15 is 0 Å². The average Bonchev–Trinajstić information content (AvgIpc) is 2.94. The number of aliphatic hydroxyl groups excluding tert-OH is 1. The monoisotopic (exact) mass is 600 g/mol. The van der Waals surface area contributed by atoms with Crippen LogP contribution in [0.2, 0.25) is 0 Å². The minimum absolute atomic E-state index is 0.0285. The van der Waals surface area contributed by atoms with Crippen molar-refractivity contribution in [1.29, 1.82) is 0 Å². The number of unbranched alkanes of at least 4 members (excludes halogenated alkanes) is 1. The van der Waals surface area contributed by atoms with E-state index < -0.39 is 34.5 Å². The van der Waals surface area contributed by atoms with Gasteiger partial charge in [-0.2, -0.15) is 4.31 Å². The molecule has 5 N–H and O–H groups in total. The molecule has 3 aromatic carbocycles. The van der Waals surface area contributed by atoms with Crippen molar-refractivity contribution >= 4 is 38.3 Å². The second-order valence-electron chi connectivity index (χ2n) is 10.9. The highest BCUT2D eigenvalue weighted by Crippen LogP contribution is 2.25. The topological polar surface area (TPSA) is 142 Å². The van der Waals surface area contributed by atoms with Crippen LogP contribution in [0.4, 0.5) is 10.1 Å². The van der Waals surface area contributed by atoms with Crippen molar-refractivity contribution in [3.8, 4) is 0 Å². The lowest BCUT2D eigenvalue weighted by Gasteiger charge is -2.31.